The van der Waals surface area contributed by atoms with Gasteiger partial charge in [0.25, 0.3) is 0 Å². The molecule has 2 rings (SSSR count). The minimum Gasteiger partial charge on any atom is -0.549 e. The summed E-state index contributed by atoms with van der Waals surface area (Å²) in [4.78, 5) is 14.7. The van der Waals surface area contributed by atoms with Gasteiger partial charge in [-0.15, -0.1) is 5.10 Å². The number of hydrogen-bond acceptors (Lipinski definition) is 6. The van der Waals surface area contributed by atoms with Crippen molar-refractivity contribution in [3.63, 3.8) is 0 Å². The van der Waals surface area contributed by atoms with Crippen LogP contribution in [-0.4, -0.2) is 33.0 Å². The van der Waals surface area contributed by atoms with Gasteiger partial charge in [0.1, 0.15) is 5.75 Å². The Balaban J connectivity index is 2.21. The average molecular weight is 292 g/mol. The van der Waals surface area contributed by atoms with Gasteiger partial charge in [-0.05, 0) is 26.0 Å². The summed E-state index contributed by atoms with van der Waals surface area (Å²) >= 11 is 1.01. The number of carboxylic acid groups (broad SMARTS) is 1. The zero-order chi connectivity index (χ0) is 14.5. The van der Waals surface area contributed by atoms with E-state index in [2.05, 4.69) is 15.2 Å². The molecular formula is C13H14N3O3S-. The van der Waals surface area contributed by atoms with Crippen molar-refractivity contribution in [3.05, 3.63) is 24.3 Å². The molecule has 7 heteroatoms. The molecule has 1 heterocycles. The third kappa shape index (κ3) is 3.74. The first-order chi connectivity index (χ1) is 9.56. The number of aromatic amines is 1. The van der Waals surface area contributed by atoms with Crippen LogP contribution in [0.4, 0.5) is 0 Å². The molecule has 0 aliphatic carbocycles. The third-order valence-electron chi connectivity index (χ3n) is 2.29. The van der Waals surface area contributed by atoms with Crippen molar-refractivity contribution in [1.82, 2.24) is 15.2 Å². The second-order valence-electron chi connectivity index (χ2n) is 4.29. The second-order valence-corrected chi connectivity index (χ2v) is 5.23. The van der Waals surface area contributed by atoms with Gasteiger partial charge < -0.3 is 14.6 Å². The van der Waals surface area contributed by atoms with E-state index in [1.54, 1.807) is 0 Å². The molecule has 0 bridgehead atoms. The minimum absolute atomic E-state index is 0.0472. The Morgan fingerprint density at radius 3 is 2.90 bits per heavy atom. The summed E-state index contributed by atoms with van der Waals surface area (Å²) < 4.78 is 5.71. The van der Waals surface area contributed by atoms with Crippen molar-refractivity contribution < 1.29 is 14.6 Å². The van der Waals surface area contributed by atoms with Gasteiger partial charge in [0.15, 0.2) is 5.82 Å². The average Bonchev–Trinajstić information content (AvgIpc) is 2.85. The number of para-hydroxylation sites is 1. The van der Waals surface area contributed by atoms with E-state index in [-0.39, 0.29) is 11.9 Å². The molecule has 1 N–H and O–H groups in total. The van der Waals surface area contributed by atoms with E-state index in [9.17, 15) is 9.90 Å². The molecule has 0 amide bonds. The number of carboxylic acids is 1. The molecule has 0 fully saturated rings. The highest BCUT2D eigenvalue weighted by atomic mass is 32.2. The van der Waals surface area contributed by atoms with Crippen molar-refractivity contribution in [1.29, 1.82) is 0 Å². The maximum Gasteiger partial charge on any atom is 0.209 e. The van der Waals surface area contributed by atoms with Gasteiger partial charge in [0.05, 0.1) is 17.6 Å². The van der Waals surface area contributed by atoms with E-state index < -0.39 is 5.97 Å². The zero-order valence-electron chi connectivity index (χ0n) is 11.1. The van der Waals surface area contributed by atoms with E-state index in [1.807, 2.05) is 38.1 Å². The number of thioether (sulfide) groups is 1. The van der Waals surface area contributed by atoms with Crippen LogP contribution in [0.15, 0.2) is 29.4 Å². The molecule has 1 aromatic carbocycles. The number of aliphatic carboxylic acids is 1. The molecule has 1 aromatic heterocycles. The molecule has 6 nitrogen and oxygen atoms in total. The van der Waals surface area contributed by atoms with Crippen LogP contribution in [0, 0.1) is 0 Å². The molecule has 2 aromatic rings. The third-order valence-corrected chi connectivity index (χ3v) is 3.11. The highest BCUT2D eigenvalue weighted by Crippen LogP contribution is 2.28. The maximum absolute atomic E-state index is 10.4. The van der Waals surface area contributed by atoms with Crippen LogP contribution in [0.3, 0.4) is 0 Å². The quantitative estimate of drug-likeness (QED) is 0.802. The Morgan fingerprint density at radius 1 is 1.45 bits per heavy atom. The summed E-state index contributed by atoms with van der Waals surface area (Å²) in [6, 6.07) is 7.47. The van der Waals surface area contributed by atoms with E-state index in [4.69, 9.17) is 4.74 Å². The summed E-state index contributed by atoms with van der Waals surface area (Å²) in [5, 5.41) is 17.5. The first kappa shape index (κ1) is 14.4. The predicted octanol–water partition coefficient (Wildman–Crippen LogP) is 1.10. The Hall–Kier alpha value is -2.02. The zero-order valence-corrected chi connectivity index (χ0v) is 11.9. The predicted molar refractivity (Wildman–Crippen MR) is 73.3 cm³/mol. The normalized spacial score (nSPS) is 10.8. The van der Waals surface area contributed by atoms with E-state index in [0.717, 1.165) is 17.3 Å². The van der Waals surface area contributed by atoms with E-state index in [1.165, 1.54) is 0 Å². The van der Waals surface area contributed by atoms with Gasteiger partial charge >= 0.3 is 0 Å². The smallest absolute Gasteiger partial charge is 0.209 e. The number of nitrogens with one attached hydrogen (secondary N) is 1. The standard InChI is InChI=1S/C13H15N3O3S/c1-8(2)19-10-6-4-3-5-9(10)12-14-13(16-15-12)20-7-11(17)18/h3-6,8H,7H2,1-2H3,(H,17,18)(H,14,15,16)/p-1. The van der Waals surface area contributed by atoms with Crippen LogP contribution < -0.4 is 9.84 Å². The maximum atomic E-state index is 10.4. The number of benzene rings is 1. The fourth-order valence-corrected chi connectivity index (χ4v) is 2.09. The summed E-state index contributed by atoms with van der Waals surface area (Å²) in [6.45, 7) is 3.89. The molecule has 0 aliphatic rings. The first-order valence-electron chi connectivity index (χ1n) is 6.07. The van der Waals surface area contributed by atoms with Crippen LogP contribution in [0.25, 0.3) is 11.4 Å². The molecule has 0 saturated carbocycles. The van der Waals surface area contributed by atoms with Crippen LogP contribution in [-0.2, 0) is 4.79 Å². The minimum atomic E-state index is -1.15. The number of H-pyrrole nitrogens is 1. The molecule has 0 aliphatic heterocycles. The second kappa shape index (κ2) is 6.42. The van der Waals surface area contributed by atoms with Crippen molar-refractivity contribution in [2.45, 2.75) is 25.1 Å². The number of hydrogen-bond donors (Lipinski definition) is 1. The van der Waals surface area contributed by atoms with E-state index in [0.29, 0.717) is 16.7 Å². The Kier molecular flexibility index (Phi) is 4.62. The number of rotatable bonds is 6. The fourth-order valence-electron chi connectivity index (χ4n) is 1.57. The molecule has 0 atom stereocenters. The molecular weight excluding hydrogens is 278 g/mol. The number of aromatic nitrogens is 3. The molecule has 0 radical (unpaired) electrons. The lowest BCUT2D eigenvalue weighted by Crippen LogP contribution is -2.24. The fraction of sp³-hybridized carbons (Fsp3) is 0.308. The van der Waals surface area contributed by atoms with Gasteiger partial charge in [0.2, 0.25) is 5.16 Å². The lowest BCUT2D eigenvalue weighted by atomic mass is 10.2. The summed E-state index contributed by atoms with van der Waals surface area (Å²) in [7, 11) is 0. The van der Waals surface area contributed by atoms with Crippen LogP contribution in [0.1, 0.15) is 13.8 Å². The van der Waals surface area contributed by atoms with Gasteiger partial charge in [-0.3, -0.25) is 5.10 Å². The largest absolute Gasteiger partial charge is 0.549 e. The molecule has 0 spiro atoms. The molecule has 20 heavy (non-hydrogen) atoms. The van der Waals surface area contributed by atoms with Gasteiger partial charge in [0, 0.05) is 5.75 Å². The van der Waals surface area contributed by atoms with Gasteiger partial charge in [-0.1, -0.05) is 23.9 Å². The first-order valence-corrected chi connectivity index (χ1v) is 7.06. The van der Waals surface area contributed by atoms with Crippen molar-refractivity contribution in [2.24, 2.45) is 0 Å². The van der Waals surface area contributed by atoms with Crippen molar-refractivity contribution in [3.8, 4) is 17.1 Å². The lowest BCUT2D eigenvalue weighted by molar-refractivity contribution is -0.301. The summed E-state index contributed by atoms with van der Waals surface area (Å²) in [5.74, 6) is -0.0800. The molecule has 0 saturated heterocycles. The Bertz CT molecular complexity index is 598. The Labute approximate surface area is 120 Å². The highest BCUT2D eigenvalue weighted by molar-refractivity contribution is 7.99. The molecule has 0 unspecified atom stereocenters. The monoisotopic (exact) mass is 292 g/mol. The number of ether oxygens (including phenoxy) is 1. The Morgan fingerprint density at radius 2 is 2.20 bits per heavy atom. The summed E-state index contributed by atoms with van der Waals surface area (Å²) in [6.07, 6.45) is 0.0472. The number of carbonyl (C=O) groups is 1. The van der Waals surface area contributed by atoms with Crippen LogP contribution in [0.5, 0.6) is 5.75 Å². The van der Waals surface area contributed by atoms with E-state index >= 15 is 0 Å². The van der Waals surface area contributed by atoms with Gasteiger partial charge in [-0.2, -0.15) is 0 Å². The topological polar surface area (TPSA) is 90.9 Å². The lowest BCUT2D eigenvalue weighted by Gasteiger charge is -2.12. The number of nitrogens with zero attached hydrogens (tertiary/aromatic N) is 2. The van der Waals surface area contributed by atoms with Crippen molar-refractivity contribution in [2.75, 3.05) is 5.75 Å². The number of carbonyl (C=O) groups excluding carboxylic acids is 1. The highest BCUT2D eigenvalue weighted by Gasteiger charge is 2.12. The molecule has 106 valence electrons. The van der Waals surface area contributed by atoms with Crippen LogP contribution in [0.2, 0.25) is 0 Å². The SMILES string of the molecule is CC(C)Oc1ccccc1-c1nc(SCC(=O)[O-])n[nH]1. The summed E-state index contributed by atoms with van der Waals surface area (Å²) in [5.41, 5.74) is 0.786. The van der Waals surface area contributed by atoms with Crippen molar-refractivity contribution >= 4 is 17.7 Å². The van der Waals surface area contributed by atoms with Gasteiger partial charge in [-0.25, -0.2) is 4.98 Å². The van der Waals surface area contributed by atoms with Crippen LogP contribution >= 0.6 is 11.8 Å².